The maximum absolute atomic E-state index is 10.9. The highest BCUT2D eigenvalue weighted by Gasteiger charge is 2.10. The SMILES string of the molecule is Cc1ccc(/C=N\Nc2nc(-c3ccccc3)cs2)cc1[N+](=O)[O-]. The van der Waals surface area contributed by atoms with Crippen LogP contribution in [0.15, 0.2) is 59.0 Å². The lowest BCUT2D eigenvalue weighted by molar-refractivity contribution is -0.385. The third kappa shape index (κ3) is 3.64. The quantitative estimate of drug-likeness (QED) is 0.423. The van der Waals surface area contributed by atoms with Crippen molar-refractivity contribution in [2.75, 3.05) is 5.43 Å². The molecular weight excluding hydrogens is 324 g/mol. The summed E-state index contributed by atoms with van der Waals surface area (Å²) in [6.07, 6.45) is 1.54. The fourth-order valence-electron chi connectivity index (χ4n) is 2.13. The monoisotopic (exact) mass is 338 g/mol. The average molecular weight is 338 g/mol. The Morgan fingerprint density at radius 3 is 2.79 bits per heavy atom. The van der Waals surface area contributed by atoms with Gasteiger partial charge in [0.05, 0.1) is 16.8 Å². The lowest BCUT2D eigenvalue weighted by atomic mass is 10.1. The largest absolute Gasteiger partial charge is 0.272 e. The summed E-state index contributed by atoms with van der Waals surface area (Å²) in [6, 6.07) is 14.9. The summed E-state index contributed by atoms with van der Waals surface area (Å²) in [4.78, 5) is 15.0. The molecule has 0 amide bonds. The lowest BCUT2D eigenvalue weighted by Crippen LogP contribution is -1.95. The van der Waals surface area contributed by atoms with Crippen molar-refractivity contribution in [1.82, 2.24) is 4.98 Å². The van der Waals surface area contributed by atoms with Crippen LogP contribution in [0.1, 0.15) is 11.1 Å². The maximum Gasteiger partial charge on any atom is 0.272 e. The van der Waals surface area contributed by atoms with Gasteiger partial charge in [0.1, 0.15) is 0 Å². The van der Waals surface area contributed by atoms with Crippen LogP contribution in [0.5, 0.6) is 0 Å². The molecule has 0 unspecified atom stereocenters. The van der Waals surface area contributed by atoms with Crippen molar-refractivity contribution in [2.24, 2.45) is 5.10 Å². The first-order valence-corrected chi connectivity index (χ1v) is 8.06. The number of benzene rings is 2. The number of nitrogens with one attached hydrogen (secondary N) is 1. The van der Waals surface area contributed by atoms with Crippen LogP contribution in [0.3, 0.4) is 0 Å². The maximum atomic E-state index is 10.9. The molecule has 2 aromatic carbocycles. The number of nitro groups is 1. The van der Waals surface area contributed by atoms with Gasteiger partial charge in [-0.1, -0.05) is 42.5 Å². The van der Waals surface area contributed by atoms with Crippen molar-refractivity contribution < 1.29 is 4.92 Å². The molecule has 1 N–H and O–H groups in total. The number of hydrazone groups is 1. The van der Waals surface area contributed by atoms with Crippen LogP contribution >= 0.6 is 11.3 Å². The topological polar surface area (TPSA) is 80.4 Å². The van der Waals surface area contributed by atoms with Gasteiger partial charge in [-0.3, -0.25) is 15.5 Å². The lowest BCUT2D eigenvalue weighted by Gasteiger charge is -1.98. The molecule has 1 aromatic heterocycles. The summed E-state index contributed by atoms with van der Waals surface area (Å²) < 4.78 is 0. The van der Waals surface area contributed by atoms with Gasteiger partial charge < -0.3 is 0 Å². The Bertz CT molecular complexity index is 891. The highest BCUT2D eigenvalue weighted by Crippen LogP contribution is 2.24. The smallest absolute Gasteiger partial charge is 0.258 e. The highest BCUT2D eigenvalue weighted by atomic mass is 32.1. The van der Waals surface area contributed by atoms with Gasteiger partial charge in [0.25, 0.3) is 5.69 Å². The number of rotatable bonds is 5. The van der Waals surface area contributed by atoms with E-state index >= 15 is 0 Å². The number of aromatic nitrogens is 1. The predicted octanol–water partition coefficient (Wildman–Crippen LogP) is 4.47. The Labute approximate surface area is 142 Å². The molecule has 1 heterocycles. The van der Waals surface area contributed by atoms with Crippen molar-refractivity contribution in [1.29, 1.82) is 0 Å². The molecule has 3 aromatic rings. The van der Waals surface area contributed by atoms with Gasteiger partial charge in [0.15, 0.2) is 0 Å². The summed E-state index contributed by atoms with van der Waals surface area (Å²) >= 11 is 1.45. The number of nitrogens with zero attached hydrogens (tertiary/aromatic N) is 3. The molecular formula is C17H14N4O2S. The van der Waals surface area contributed by atoms with Crippen molar-refractivity contribution in [3.8, 4) is 11.3 Å². The van der Waals surface area contributed by atoms with E-state index in [0.29, 0.717) is 16.3 Å². The van der Waals surface area contributed by atoms with Crippen LogP contribution < -0.4 is 5.43 Å². The van der Waals surface area contributed by atoms with Crippen LogP contribution in [0.4, 0.5) is 10.8 Å². The second-order valence-corrected chi connectivity index (χ2v) is 5.94. The van der Waals surface area contributed by atoms with E-state index in [-0.39, 0.29) is 5.69 Å². The molecule has 6 nitrogen and oxygen atoms in total. The van der Waals surface area contributed by atoms with Crippen LogP contribution in [0.25, 0.3) is 11.3 Å². The van der Waals surface area contributed by atoms with E-state index in [2.05, 4.69) is 15.5 Å². The molecule has 0 saturated carbocycles. The molecule has 0 aliphatic carbocycles. The van der Waals surface area contributed by atoms with Crippen molar-refractivity contribution in [3.63, 3.8) is 0 Å². The second kappa shape index (κ2) is 7.01. The van der Waals surface area contributed by atoms with Crippen molar-refractivity contribution in [3.05, 3.63) is 75.2 Å². The second-order valence-electron chi connectivity index (χ2n) is 5.08. The van der Waals surface area contributed by atoms with E-state index in [1.807, 2.05) is 35.7 Å². The molecule has 120 valence electrons. The van der Waals surface area contributed by atoms with E-state index in [4.69, 9.17) is 0 Å². The van der Waals surface area contributed by atoms with Crippen molar-refractivity contribution >= 4 is 28.4 Å². The molecule has 0 atom stereocenters. The molecule has 0 radical (unpaired) electrons. The minimum absolute atomic E-state index is 0.0829. The summed E-state index contributed by atoms with van der Waals surface area (Å²) in [6.45, 7) is 1.71. The molecule has 24 heavy (non-hydrogen) atoms. The third-order valence-corrected chi connectivity index (χ3v) is 4.12. The Morgan fingerprint density at radius 1 is 1.25 bits per heavy atom. The fourth-order valence-corrected chi connectivity index (χ4v) is 2.80. The number of anilines is 1. The van der Waals surface area contributed by atoms with Gasteiger partial charge in [-0.25, -0.2) is 4.98 Å². The standard InChI is InChI=1S/C17H14N4O2S/c1-12-7-8-13(9-16(12)21(22)23)10-18-20-17-19-15(11-24-17)14-5-3-2-4-6-14/h2-11H,1H3,(H,19,20)/b18-10-. The van der Waals surface area contributed by atoms with E-state index in [0.717, 1.165) is 11.3 Å². The van der Waals surface area contributed by atoms with Gasteiger partial charge in [-0.05, 0) is 6.92 Å². The van der Waals surface area contributed by atoms with Gasteiger partial charge in [-0.2, -0.15) is 5.10 Å². The zero-order valence-corrected chi connectivity index (χ0v) is 13.7. The van der Waals surface area contributed by atoms with Gasteiger partial charge in [0.2, 0.25) is 5.13 Å². The first-order valence-electron chi connectivity index (χ1n) is 7.18. The zero-order chi connectivity index (χ0) is 16.9. The van der Waals surface area contributed by atoms with E-state index in [9.17, 15) is 10.1 Å². The van der Waals surface area contributed by atoms with Gasteiger partial charge in [0, 0.05) is 28.1 Å². The third-order valence-electron chi connectivity index (χ3n) is 3.38. The van der Waals surface area contributed by atoms with E-state index < -0.39 is 4.92 Å². The Hall–Kier alpha value is -3.06. The molecule has 3 rings (SSSR count). The highest BCUT2D eigenvalue weighted by molar-refractivity contribution is 7.14. The summed E-state index contributed by atoms with van der Waals surface area (Å²) in [5, 5.41) is 17.7. The van der Waals surface area contributed by atoms with E-state index in [1.165, 1.54) is 23.6 Å². The number of nitro benzene ring substituents is 1. The molecule has 0 spiro atoms. The van der Waals surface area contributed by atoms with Crippen LogP contribution in [-0.2, 0) is 0 Å². The normalized spacial score (nSPS) is 10.9. The van der Waals surface area contributed by atoms with E-state index in [1.54, 1.807) is 19.1 Å². The molecule has 0 bridgehead atoms. The zero-order valence-electron chi connectivity index (χ0n) is 12.8. The molecule has 0 fully saturated rings. The summed E-state index contributed by atoms with van der Waals surface area (Å²) in [5.74, 6) is 0. The number of thiazole rings is 1. The van der Waals surface area contributed by atoms with Crippen LogP contribution in [0, 0.1) is 17.0 Å². The summed E-state index contributed by atoms with van der Waals surface area (Å²) in [7, 11) is 0. The first-order chi connectivity index (χ1) is 11.6. The van der Waals surface area contributed by atoms with Crippen LogP contribution in [0.2, 0.25) is 0 Å². The Kier molecular flexibility index (Phi) is 4.62. The Morgan fingerprint density at radius 2 is 2.04 bits per heavy atom. The minimum Gasteiger partial charge on any atom is -0.258 e. The average Bonchev–Trinajstić information content (AvgIpc) is 3.06. The first kappa shape index (κ1) is 15.8. The predicted molar refractivity (Wildman–Crippen MR) is 96.6 cm³/mol. The van der Waals surface area contributed by atoms with Crippen molar-refractivity contribution in [2.45, 2.75) is 6.92 Å². The molecule has 0 aliphatic rings. The number of hydrogen-bond donors (Lipinski definition) is 1. The molecule has 0 saturated heterocycles. The summed E-state index contributed by atoms with van der Waals surface area (Å²) in [5.41, 5.74) is 6.13. The minimum atomic E-state index is -0.396. The van der Waals surface area contributed by atoms with Gasteiger partial charge >= 0.3 is 0 Å². The number of hydrogen-bond acceptors (Lipinski definition) is 6. The molecule has 0 aliphatic heterocycles. The number of aryl methyl sites for hydroxylation is 1. The van der Waals surface area contributed by atoms with Crippen LogP contribution in [-0.4, -0.2) is 16.1 Å². The van der Waals surface area contributed by atoms with Gasteiger partial charge in [-0.15, -0.1) is 11.3 Å². The fraction of sp³-hybridized carbons (Fsp3) is 0.0588. The Balaban J connectivity index is 1.70. The molecule has 7 heteroatoms.